The fourth-order valence-corrected chi connectivity index (χ4v) is 4.91. The maximum atomic E-state index is 12.9. The topological polar surface area (TPSA) is 47.6 Å². The molecule has 0 atom stereocenters. The second kappa shape index (κ2) is 6.89. The second-order valence-corrected chi connectivity index (χ2v) is 6.87. The molecule has 1 aliphatic carbocycles. The van der Waals surface area contributed by atoms with Gasteiger partial charge < -0.3 is 14.4 Å². The normalized spacial score (nSPS) is 19.7. The van der Waals surface area contributed by atoms with Gasteiger partial charge in [-0.2, -0.15) is 0 Å². The first kappa shape index (κ1) is 15.2. The maximum Gasteiger partial charge on any atom is 0.350 e. The molecule has 0 heterocycles. The van der Waals surface area contributed by atoms with Crippen LogP contribution in [0.15, 0.2) is 0 Å². The Hall–Kier alpha value is 0.110. The zero-order valence-electron chi connectivity index (χ0n) is 11.3. The second-order valence-electron chi connectivity index (χ2n) is 4.50. The Morgan fingerprint density at radius 2 is 1.65 bits per heavy atom. The summed E-state index contributed by atoms with van der Waals surface area (Å²) >= 11 is 0. The molecule has 0 aromatic carbocycles. The molecule has 1 aliphatic rings. The van der Waals surface area contributed by atoms with Crippen molar-refractivity contribution in [2.24, 2.45) is 0 Å². The van der Waals surface area contributed by atoms with Crippen molar-refractivity contribution >= 4 is 7.60 Å². The van der Waals surface area contributed by atoms with Crippen LogP contribution in [0, 0.1) is 0 Å². The lowest BCUT2D eigenvalue weighted by atomic mass is 10.2. The lowest BCUT2D eigenvalue weighted by Gasteiger charge is -2.36. The summed E-state index contributed by atoms with van der Waals surface area (Å²) < 4.78 is 24.0. The third-order valence-electron chi connectivity index (χ3n) is 3.26. The van der Waals surface area contributed by atoms with Gasteiger partial charge in [0, 0.05) is 0 Å². The molecule has 0 aromatic rings. The van der Waals surface area contributed by atoms with Crippen LogP contribution in [0.1, 0.15) is 52.9 Å². The van der Waals surface area contributed by atoms with E-state index in [9.17, 15) is 4.57 Å². The highest BCUT2D eigenvalue weighted by Crippen LogP contribution is 2.64. The molecule has 4 nitrogen and oxygen atoms in total. The Balaban J connectivity index is 2.88. The van der Waals surface area contributed by atoms with Crippen molar-refractivity contribution in [1.29, 1.82) is 0 Å². The van der Waals surface area contributed by atoms with Crippen LogP contribution in [0.25, 0.3) is 0 Å². The highest BCUT2D eigenvalue weighted by Gasteiger charge is 2.51. The molecule has 1 N–H and O–H groups in total. The van der Waals surface area contributed by atoms with Gasteiger partial charge in [0.1, 0.15) is 5.28 Å². The quantitative estimate of drug-likeness (QED) is 0.681. The van der Waals surface area contributed by atoms with Gasteiger partial charge >= 0.3 is 7.60 Å². The average Bonchev–Trinajstić information content (AvgIpc) is 2.77. The molecule has 0 amide bonds. The van der Waals surface area contributed by atoms with E-state index in [1.165, 1.54) is 0 Å². The molecule has 0 aliphatic heterocycles. The van der Waals surface area contributed by atoms with E-state index in [2.05, 4.69) is 12.2 Å². The molecular formula is C12H26NO3P. The van der Waals surface area contributed by atoms with Crippen LogP contribution in [0.2, 0.25) is 0 Å². The van der Waals surface area contributed by atoms with E-state index in [0.29, 0.717) is 13.2 Å². The summed E-state index contributed by atoms with van der Waals surface area (Å²) in [6, 6.07) is 0. The smallest absolute Gasteiger partial charge is 0.308 e. The predicted octanol–water partition coefficient (Wildman–Crippen LogP) is 3.52. The van der Waals surface area contributed by atoms with Gasteiger partial charge in [-0.15, -0.1) is 0 Å². The first-order valence-electron chi connectivity index (χ1n) is 6.78. The minimum Gasteiger partial charge on any atom is -0.308 e. The minimum absolute atomic E-state index is 0.435. The van der Waals surface area contributed by atoms with Crippen molar-refractivity contribution in [2.75, 3.05) is 19.8 Å². The third kappa shape index (κ3) is 3.31. The molecule has 0 unspecified atom stereocenters. The van der Waals surface area contributed by atoms with Crippen molar-refractivity contribution in [3.8, 4) is 0 Å². The van der Waals surface area contributed by atoms with E-state index >= 15 is 0 Å². The van der Waals surface area contributed by atoms with Crippen molar-refractivity contribution in [3.05, 3.63) is 0 Å². The van der Waals surface area contributed by atoms with Crippen molar-refractivity contribution in [2.45, 2.75) is 58.2 Å². The largest absolute Gasteiger partial charge is 0.350 e. The summed E-state index contributed by atoms with van der Waals surface area (Å²) in [4.78, 5) is 0. The summed E-state index contributed by atoms with van der Waals surface area (Å²) in [7, 11) is -3.04. The van der Waals surface area contributed by atoms with E-state index < -0.39 is 12.9 Å². The first-order valence-corrected chi connectivity index (χ1v) is 8.32. The van der Waals surface area contributed by atoms with Crippen LogP contribution in [0.3, 0.4) is 0 Å². The van der Waals surface area contributed by atoms with Gasteiger partial charge in [0.2, 0.25) is 0 Å². The van der Waals surface area contributed by atoms with E-state index in [0.717, 1.165) is 38.6 Å². The highest BCUT2D eigenvalue weighted by atomic mass is 31.2. The minimum atomic E-state index is -3.04. The molecule has 1 saturated carbocycles. The summed E-state index contributed by atoms with van der Waals surface area (Å²) in [5, 5.41) is 3.01. The summed E-state index contributed by atoms with van der Waals surface area (Å²) in [6.07, 6.45) is 5.01. The molecule has 0 radical (unpaired) electrons. The van der Waals surface area contributed by atoms with E-state index in [4.69, 9.17) is 9.05 Å². The van der Waals surface area contributed by atoms with Crippen LogP contribution in [0.5, 0.6) is 0 Å². The van der Waals surface area contributed by atoms with Crippen molar-refractivity contribution in [3.63, 3.8) is 0 Å². The number of hydrogen-bond donors (Lipinski definition) is 1. The number of hydrogen-bond acceptors (Lipinski definition) is 4. The third-order valence-corrected chi connectivity index (χ3v) is 6.11. The first-order chi connectivity index (χ1) is 8.14. The number of nitrogens with one attached hydrogen (secondary N) is 1. The maximum absolute atomic E-state index is 12.9. The molecule has 1 rings (SSSR count). The summed E-state index contributed by atoms with van der Waals surface area (Å²) in [6.45, 7) is 7.59. The van der Waals surface area contributed by atoms with Gasteiger partial charge in [-0.25, -0.2) is 0 Å². The zero-order valence-corrected chi connectivity index (χ0v) is 12.2. The fraction of sp³-hybridized carbons (Fsp3) is 1.00. The van der Waals surface area contributed by atoms with Crippen LogP contribution < -0.4 is 5.32 Å². The summed E-state index contributed by atoms with van der Waals surface area (Å²) in [5.41, 5.74) is 0. The Kier molecular flexibility index (Phi) is 6.14. The van der Waals surface area contributed by atoms with Crippen LogP contribution in [-0.4, -0.2) is 25.0 Å². The molecule has 0 bridgehead atoms. The Morgan fingerprint density at radius 1 is 1.12 bits per heavy atom. The average molecular weight is 263 g/mol. The molecule has 0 aromatic heterocycles. The highest BCUT2D eigenvalue weighted by molar-refractivity contribution is 7.55. The van der Waals surface area contributed by atoms with Crippen LogP contribution in [-0.2, 0) is 13.6 Å². The fourth-order valence-electron chi connectivity index (χ4n) is 2.49. The Bertz CT molecular complexity index is 254. The molecule has 1 fully saturated rings. The van der Waals surface area contributed by atoms with Gasteiger partial charge in [-0.05, 0) is 39.7 Å². The van der Waals surface area contributed by atoms with E-state index in [1.54, 1.807) is 0 Å². The van der Waals surface area contributed by atoms with Crippen molar-refractivity contribution in [1.82, 2.24) is 5.32 Å². The summed E-state index contributed by atoms with van der Waals surface area (Å²) in [5.74, 6) is 0. The monoisotopic (exact) mass is 263 g/mol. The lowest BCUT2D eigenvalue weighted by molar-refractivity contribution is 0.185. The molecule has 0 saturated heterocycles. The van der Waals surface area contributed by atoms with Gasteiger partial charge in [0.05, 0.1) is 13.2 Å². The zero-order chi connectivity index (χ0) is 12.8. The Morgan fingerprint density at radius 3 is 2.06 bits per heavy atom. The van der Waals surface area contributed by atoms with Crippen LogP contribution in [0.4, 0.5) is 0 Å². The van der Waals surface area contributed by atoms with Crippen molar-refractivity contribution < 1.29 is 13.6 Å². The molecule has 0 spiro atoms. The number of rotatable bonds is 8. The molecule has 102 valence electrons. The predicted molar refractivity (Wildman–Crippen MR) is 70.4 cm³/mol. The van der Waals surface area contributed by atoms with Gasteiger partial charge in [-0.3, -0.25) is 4.57 Å². The molecule has 17 heavy (non-hydrogen) atoms. The van der Waals surface area contributed by atoms with E-state index in [-0.39, 0.29) is 0 Å². The van der Waals surface area contributed by atoms with Crippen LogP contribution >= 0.6 is 7.60 Å². The van der Waals surface area contributed by atoms with Gasteiger partial charge in [0.25, 0.3) is 0 Å². The standard InChI is InChI=1S/C12H26NO3P/c1-4-11-13-12(9-7-8-10-12)17(14,15-5-2)16-6-3/h13H,4-11H2,1-3H3. The SMILES string of the molecule is CCCNC1(P(=O)(OCC)OCC)CCCC1. The Labute approximate surface area is 105 Å². The molecular weight excluding hydrogens is 237 g/mol. The van der Waals surface area contributed by atoms with E-state index in [1.807, 2.05) is 13.8 Å². The van der Waals surface area contributed by atoms with Gasteiger partial charge in [0.15, 0.2) is 0 Å². The molecule has 5 heteroatoms. The van der Waals surface area contributed by atoms with Gasteiger partial charge in [-0.1, -0.05) is 19.8 Å². The lowest BCUT2D eigenvalue weighted by Crippen LogP contribution is -2.44.